The molecule has 7 rings (SSSR count). The number of aliphatic hydroxyl groups excluding tert-OH is 1. The number of rotatable bonds is 8. The van der Waals surface area contributed by atoms with Gasteiger partial charge in [0, 0.05) is 35.3 Å². The van der Waals surface area contributed by atoms with Crippen molar-refractivity contribution in [2.75, 3.05) is 27.3 Å². The highest BCUT2D eigenvalue weighted by Crippen LogP contribution is 2.46. The van der Waals surface area contributed by atoms with E-state index < -0.39 is 83.4 Å². The molecule has 0 amide bonds. The number of ketones is 1. The Kier molecular flexibility index (Phi) is 14.1. The van der Waals surface area contributed by atoms with Crippen molar-refractivity contribution in [1.82, 2.24) is 19.9 Å². The molecule has 1 aromatic heterocycles. The number of aliphatic hydroxyl groups is 1. The SMILES string of the molecule is CC[C@H]1OC(=O)[C@H](C)[C@H]2OC/C(=N/OCc3cccc4c3nnn4-c3ccccc3)CO[C@](C)(C[C@@H](C)C(=O)[C@H](C)[C@@H]3CC(=O)O[C@]13C)[C@H](O[C@@H]1O[C@H](C)C[C@H](N(C)C)[C@H]1O)[C@H]2C. The highest BCUT2D eigenvalue weighted by atomic mass is 16.7. The Morgan fingerprint density at radius 3 is 2.44 bits per heavy atom. The molecule has 344 valence electrons. The lowest BCUT2D eigenvalue weighted by molar-refractivity contribution is -0.302. The van der Waals surface area contributed by atoms with Crippen molar-refractivity contribution in [3.8, 4) is 5.69 Å². The molecule has 0 unspecified atom stereocenters. The summed E-state index contributed by atoms with van der Waals surface area (Å²) < 4.78 is 41.0. The quantitative estimate of drug-likeness (QED) is 0.223. The molecule has 5 heterocycles. The number of nitrogens with zero attached hydrogens (tertiary/aromatic N) is 5. The Morgan fingerprint density at radius 2 is 1.73 bits per heavy atom. The summed E-state index contributed by atoms with van der Waals surface area (Å²) in [4.78, 5) is 50.1. The summed E-state index contributed by atoms with van der Waals surface area (Å²) >= 11 is 0. The van der Waals surface area contributed by atoms with Crippen molar-refractivity contribution in [2.45, 2.75) is 142 Å². The Morgan fingerprint density at radius 1 is 0.984 bits per heavy atom. The van der Waals surface area contributed by atoms with Crippen LogP contribution in [0.25, 0.3) is 16.7 Å². The Balaban J connectivity index is 1.26. The molecule has 3 aromatic rings. The molecule has 0 saturated carbocycles. The van der Waals surface area contributed by atoms with Crippen LogP contribution in [0.4, 0.5) is 0 Å². The lowest BCUT2D eigenvalue weighted by Crippen LogP contribution is -2.60. The fraction of sp³-hybridized carbons (Fsp3) is 0.660. The molecule has 1 N–H and O–H groups in total. The number of ether oxygens (including phenoxy) is 6. The van der Waals surface area contributed by atoms with Crippen LogP contribution in [0.2, 0.25) is 0 Å². The third-order valence-corrected chi connectivity index (χ3v) is 14.0. The highest BCUT2D eigenvalue weighted by Gasteiger charge is 2.57. The number of aromatic nitrogens is 3. The normalized spacial score (nSPS) is 37.8. The molecule has 0 aliphatic carbocycles. The molecule has 16 heteroatoms. The predicted molar refractivity (Wildman–Crippen MR) is 232 cm³/mol. The zero-order chi connectivity index (χ0) is 45.4. The number of para-hydroxylation sites is 1. The first kappa shape index (κ1) is 46.7. The summed E-state index contributed by atoms with van der Waals surface area (Å²) in [5, 5.41) is 25.2. The molecule has 63 heavy (non-hydrogen) atoms. The number of oxime groups is 1. The van der Waals surface area contributed by atoms with E-state index in [1.807, 2.05) is 109 Å². The first-order chi connectivity index (χ1) is 29.9. The van der Waals surface area contributed by atoms with Gasteiger partial charge in [0.2, 0.25) is 0 Å². The van der Waals surface area contributed by atoms with Crippen LogP contribution < -0.4 is 0 Å². The zero-order valence-electron chi connectivity index (χ0n) is 38.3. The van der Waals surface area contributed by atoms with Crippen LogP contribution in [0.15, 0.2) is 53.7 Å². The number of likely N-dealkylation sites (N-methyl/N-ethyl adjacent to an activating group) is 1. The average molecular weight is 876 g/mol. The van der Waals surface area contributed by atoms with E-state index in [1.165, 1.54) is 0 Å². The fourth-order valence-corrected chi connectivity index (χ4v) is 10.5. The molecule has 4 saturated heterocycles. The number of hydrogen-bond donors (Lipinski definition) is 1. The van der Waals surface area contributed by atoms with Gasteiger partial charge in [-0.3, -0.25) is 14.4 Å². The molecule has 4 aliphatic heterocycles. The van der Waals surface area contributed by atoms with Crippen LogP contribution in [-0.4, -0.2) is 130 Å². The van der Waals surface area contributed by atoms with Gasteiger partial charge in [0.15, 0.2) is 6.29 Å². The van der Waals surface area contributed by atoms with Gasteiger partial charge in [-0.1, -0.05) is 68.4 Å². The number of carbonyl (C=O) groups excluding carboxylic acids is 3. The van der Waals surface area contributed by atoms with Gasteiger partial charge in [0.25, 0.3) is 0 Å². The van der Waals surface area contributed by atoms with Gasteiger partial charge in [-0.15, -0.1) is 5.10 Å². The maximum atomic E-state index is 14.6. The van der Waals surface area contributed by atoms with Crippen molar-refractivity contribution >= 4 is 34.5 Å². The number of benzene rings is 2. The van der Waals surface area contributed by atoms with Crippen molar-refractivity contribution in [3.63, 3.8) is 0 Å². The van der Waals surface area contributed by atoms with E-state index in [2.05, 4.69) is 15.5 Å². The van der Waals surface area contributed by atoms with Crippen molar-refractivity contribution in [3.05, 3.63) is 54.1 Å². The molecule has 0 radical (unpaired) electrons. The van der Waals surface area contributed by atoms with Crippen molar-refractivity contribution in [1.29, 1.82) is 0 Å². The zero-order valence-corrected chi connectivity index (χ0v) is 38.3. The second kappa shape index (κ2) is 19.0. The molecule has 4 fully saturated rings. The van der Waals surface area contributed by atoms with Gasteiger partial charge < -0.3 is 43.3 Å². The minimum Gasteiger partial charge on any atom is -0.458 e. The van der Waals surface area contributed by atoms with Crippen LogP contribution in [0.3, 0.4) is 0 Å². The summed E-state index contributed by atoms with van der Waals surface area (Å²) in [5.74, 6) is -4.35. The van der Waals surface area contributed by atoms with Crippen LogP contribution in [0.1, 0.15) is 86.6 Å². The van der Waals surface area contributed by atoms with Gasteiger partial charge in [0.05, 0.1) is 60.7 Å². The summed E-state index contributed by atoms with van der Waals surface area (Å²) in [6, 6.07) is 15.2. The number of Topliss-reactive ketones (excluding diaryl/α,β-unsaturated/α-hetero) is 1. The van der Waals surface area contributed by atoms with E-state index in [4.69, 9.17) is 33.3 Å². The van der Waals surface area contributed by atoms with Crippen LogP contribution in [0, 0.1) is 29.6 Å². The van der Waals surface area contributed by atoms with Gasteiger partial charge >= 0.3 is 11.9 Å². The molecule has 16 nitrogen and oxygen atoms in total. The van der Waals surface area contributed by atoms with E-state index in [-0.39, 0.29) is 50.6 Å². The maximum absolute atomic E-state index is 14.6. The van der Waals surface area contributed by atoms with Gasteiger partial charge in [0.1, 0.15) is 41.4 Å². The second-order valence-electron chi connectivity index (χ2n) is 18.8. The Labute approximate surface area is 369 Å². The molecular weight excluding hydrogens is 811 g/mol. The van der Waals surface area contributed by atoms with Crippen molar-refractivity contribution in [2.24, 2.45) is 34.7 Å². The summed E-state index contributed by atoms with van der Waals surface area (Å²) in [5.41, 5.74) is 1.02. The minimum atomic E-state index is -1.26. The first-order valence-corrected chi connectivity index (χ1v) is 22.4. The molecule has 4 aliphatic rings. The maximum Gasteiger partial charge on any atom is 0.311 e. The third kappa shape index (κ3) is 9.43. The van der Waals surface area contributed by atoms with Crippen LogP contribution >= 0.6 is 0 Å². The summed E-state index contributed by atoms with van der Waals surface area (Å²) in [6.45, 7) is 14.7. The van der Waals surface area contributed by atoms with E-state index in [9.17, 15) is 19.5 Å². The second-order valence-corrected chi connectivity index (χ2v) is 18.8. The predicted octanol–water partition coefficient (Wildman–Crippen LogP) is 5.44. The first-order valence-electron chi connectivity index (χ1n) is 22.4. The molecular formula is C47H65N5O11. The molecule has 2 aromatic carbocycles. The minimum absolute atomic E-state index is 0.0178. The van der Waals surface area contributed by atoms with E-state index in [0.29, 0.717) is 24.1 Å². The topological polar surface area (TPSA) is 182 Å². The largest absolute Gasteiger partial charge is 0.458 e. The fourth-order valence-electron chi connectivity index (χ4n) is 10.5. The molecule has 2 bridgehead atoms. The Bertz CT molecular complexity index is 2130. The van der Waals surface area contributed by atoms with Gasteiger partial charge in [-0.2, -0.15) is 0 Å². The average Bonchev–Trinajstić information content (AvgIpc) is 3.84. The third-order valence-electron chi connectivity index (χ3n) is 14.0. The van der Waals surface area contributed by atoms with E-state index in [0.717, 1.165) is 16.8 Å². The lowest BCUT2D eigenvalue weighted by Gasteiger charge is -2.48. The number of cyclic esters (lactones) is 1. The summed E-state index contributed by atoms with van der Waals surface area (Å²) in [7, 11) is 3.81. The standard InChI is InChI=1S/C47H65N5O11/c1-11-37-47(8)34(21-38(53)63-47)28(4)40(54)26(2)22-46(7)43(62-45-41(55)36(51(9)10)20-27(3)60-45)29(5)42(30(6)44(56)61-37)57-24-32(25-58-46)49-59-23-31-16-15-19-35-39(31)48-50-52(35)33-17-13-12-14-18-33/h12-19,26-30,34,36-37,41-43,45,55H,11,20-25H2,1-10H3/b49-32-/t26-,27-,28-,29+,30-,34+,36+,37-,41-,42+,43-,45+,46-,47+/m1/s1. The van der Waals surface area contributed by atoms with Crippen LogP contribution in [-0.2, 0) is 54.2 Å². The number of hydrogen-bond acceptors (Lipinski definition) is 15. The van der Waals surface area contributed by atoms with Gasteiger partial charge in [-0.25, -0.2) is 4.68 Å². The smallest absolute Gasteiger partial charge is 0.311 e. The van der Waals surface area contributed by atoms with E-state index in [1.54, 1.807) is 18.5 Å². The molecule has 14 atom stereocenters. The number of carbonyl (C=O) groups is 3. The number of fused-ring (bicyclic) bond motifs is 5. The van der Waals surface area contributed by atoms with Gasteiger partial charge in [-0.05, 0) is 79.3 Å². The van der Waals surface area contributed by atoms with Crippen LogP contribution in [0.5, 0.6) is 0 Å². The number of esters is 2. The highest BCUT2D eigenvalue weighted by molar-refractivity contribution is 5.87. The molecule has 0 spiro atoms. The van der Waals surface area contributed by atoms with E-state index >= 15 is 0 Å². The lowest BCUT2D eigenvalue weighted by atomic mass is 9.70. The summed E-state index contributed by atoms with van der Waals surface area (Å²) in [6.07, 6.45) is -3.81. The monoisotopic (exact) mass is 875 g/mol. The Hall–Kier alpha value is -4.32. The van der Waals surface area contributed by atoms with Crippen molar-refractivity contribution < 1.29 is 52.7 Å².